The predicted octanol–water partition coefficient (Wildman–Crippen LogP) is 2.77. The van der Waals surface area contributed by atoms with Crippen LogP contribution >= 0.6 is 11.6 Å². The maximum atomic E-state index is 6.17. The zero-order chi connectivity index (χ0) is 9.19. The second-order valence-electron chi connectivity index (χ2n) is 3.70. The molecule has 0 saturated heterocycles. The standard InChI is InChI=1S/C10H15ClSi/c1-9(11)12(2,3)10-7-5-4-6-8-10/h4-9H,1-3H3/t9-/m0/s1. The third kappa shape index (κ3) is 1.90. The summed E-state index contributed by atoms with van der Waals surface area (Å²) in [6.07, 6.45) is 0. The summed E-state index contributed by atoms with van der Waals surface area (Å²) in [6.45, 7) is 6.71. The molecule has 0 N–H and O–H groups in total. The highest BCUT2D eigenvalue weighted by molar-refractivity contribution is 6.95. The lowest BCUT2D eigenvalue weighted by Crippen LogP contribution is -2.48. The highest BCUT2D eigenvalue weighted by Gasteiger charge is 2.28. The fraction of sp³-hybridized carbons (Fsp3) is 0.400. The molecule has 0 heterocycles. The molecule has 0 fully saturated rings. The molecule has 0 spiro atoms. The number of hydrogen-bond donors (Lipinski definition) is 0. The number of alkyl halides is 1. The van der Waals surface area contributed by atoms with Gasteiger partial charge in [-0.15, -0.1) is 11.6 Å². The van der Waals surface area contributed by atoms with Crippen molar-refractivity contribution in [2.75, 3.05) is 0 Å². The van der Waals surface area contributed by atoms with Crippen molar-refractivity contribution < 1.29 is 0 Å². The first-order valence-corrected chi connectivity index (χ1v) is 7.76. The molecule has 0 aliphatic rings. The van der Waals surface area contributed by atoms with E-state index in [1.165, 1.54) is 5.19 Å². The van der Waals surface area contributed by atoms with Crippen LogP contribution in [0.3, 0.4) is 0 Å². The summed E-state index contributed by atoms with van der Waals surface area (Å²) in [5, 5.41) is 1.73. The van der Waals surface area contributed by atoms with Crippen molar-refractivity contribution in [3.05, 3.63) is 30.3 Å². The van der Waals surface area contributed by atoms with Crippen LogP contribution in [0, 0.1) is 0 Å². The topological polar surface area (TPSA) is 0 Å². The quantitative estimate of drug-likeness (QED) is 0.507. The van der Waals surface area contributed by atoms with Crippen molar-refractivity contribution in [1.82, 2.24) is 0 Å². The van der Waals surface area contributed by atoms with Gasteiger partial charge in [0.1, 0.15) is 0 Å². The third-order valence-corrected chi connectivity index (χ3v) is 7.96. The summed E-state index contributed by atoms with van der Waals surface area (Å²) in [5.41, 5.74) is 0. The molecular weight excluding hydrogens is 184 g/mol. The van der Waals surface area contributed by atoms with Crippen molar-refractivity contribution in [3.8, 4) is 0 Å². The maximum absolute atomic E-state index is 6.17. The molecule has 66 valence electrons. The van der Waals surface area contributed by atoms with Gasteiger partial charge < -0.3 is 0 Å². The van der Waals surface area contributed by atoms with Gasteiger partial charge in [-0.25, -0.2) is 0 Å². The zero-order valence-electron chi connectivity index (χ0n) is 7.84. The zero-order valence-corrected chi connectivity index (χ0v) is 9.60. The Bertz CT molecular complexity index is 241. The number of benzene rings is 1. The molecule has 0 amide bonds. The monoisotopic (exact) mass is 198 g/mol. The van der Waals surface area contributed by atoms with Crippen LogP contribution in [0.1, 0.15) is 6.92 Å². The van der Waals surface area contributed by atoms with Crippen LogP contribution in [0.4, 0.5) is 0 Å². The molecule has 1 aromatic carbocycles. The highest BCUT2D eigenvalue weighted by atomic mass is 35.5. The molecule has 12 heavy (non-hydrogen) atoms. The third-order valence-electron chi connectivity index (χ3n) is 2.51. The van der Waals surface area contributed by atoms with Crippen molar-refractivity contribution in [2.45, 2.75) is 25.0 Å². The lowest BCUT2D eigenvalue weighted by atomic mass is 10.4. The van der Waals surface area contributed by atoms with E-state index < -0.39 is 8.07 Å². The molecule has 0 aliphatic heterocycles. The highest BCUT2D eigenvalue weighted by Crippen LogP contribution is 2.13. The van der Waals surface area contributed by atoms with Crippen LogP contribution in [0.25, 0.3) is 0 Å². The largest absolute Gasteiger partial charge is 0.126 e. The Labute approximate surface area is 80.6 Å². The Hall–Kier alpha value is -0.273. The molecule has 0 unspecified atom stereocenters. The summed E-state index contributed by atoms with van der Waals surface area (Å²) < 4.78 is 0. The van der Waals surface area contributed by atoms with Gasteiger partial charge in [0.25, 0.3) is 0 Å². The Morgan fingerprint density at radius 2 is 1.67 bits per heavy atom. The van der Waals surface area contributed by atoms with E-state index in [0.29, 0.717) is 5.00 Å². The lowest BCUT2D eigenvalue weighted by molar-refractivity contribution is 1.29. The van der Waals surface area contributed by atoms with E-state index in [0.717, 1.165) is 0 Å². The SMILES string of the molecule is C[C@@H](Cl)[Si](C)(C)c1ccccc1. The first kappa shape index (κ1) is 9.81. The average molecular weight is 199 g/mol. The van der Waals surface area contributed by atoms with E-state index in [2.05, 4.69) is 44.3 Å². The fourth-order valence-electron chi connectivity index (χ4n) is 1.10. The van der Waals surface area contributed by atoms with Crippen LogP contribution in [-0.2, 0) is 0 Å². The number of hydrogen-bond acceptors (Lipinski definition) is 0. The predicted molar refractivity (Wildman–Crippen MR) is 58.9 cm³/mol. The first-order valence-electron chi connectivity index (χ1n) is 4.24. The average Bonchev–Trinajstić information content (AvgIpc) is 2.06. The molecule has 0 saturated carbocycles. The number of rotatable bonds is 2. The van der Waals surface area contributed by atoms with Gasteiger partial charge in [-0.2, -0.15) is 0 Å². The van der Waals surface area contributed by atoms with E-state index in [4.69, 9.17) is 11.6 Å². The van der Waals surface area contributed by atoms with Crippen molar-refractivity contribution >= 4 is 24.9 Å². The van der Waals surface area contributed by atoms with E-state index in [1.54, 1.807) is 0 Å². The minimum atomic E-state index is -1.39. The summed E-state index contributed by atoms with van der Waals surface area (Å²) in [4.78, 5) is 0. The van der Waals surface area contributed by atoms with E-state index in [1.807, 2.05) is 6.07 Å². The minimum absolute atomic E-state index is 0.292. The van der Waals surface area contributed by atoms with E-state index in [9.17, 15) is 0 Å². The van der Waals surface area contributed by atoms with Crippen LogP contribution in [0.15, 0.2) is 30.3 Å². The summed E-state index contributed by atoms with van der Waals surface area (Å²) in [6, 6.07) is 10.6. The summed E-state index contributed by atoms with van der Waals surface area (Å²) in [5.74, 6) is 0. The number of halogens is 1. The van der Waals surface area contributed by atoms with Gasteiger partial charge in [0.05, 0.1) is 8.07 Å². The Balaban J connectivity index is 2.98. The van der Waals surface area contributed by atoms with E-state index in [-0.39, 0.29) is 0 Å². The van der Waals surface area contributed by atoms with Crippen molar-refractivity contribution in [1.29, 1.82) is 0 Å². The van der Waals surface area contributed by atoms with Crippen LogP contribution in [0.5, 0.6) is 0 Å². The van der Waals surface area contributed by atoms with Gasteiger partial charge >= 0.3 is 0 Å². The van der Waals surface area contributed by atoms with Gasteiger partial charge in [-0.3, -0.25) is 0 Å². The van der Waals surface area contributed by atoms with Crippen LogP contribution in [0.2, 0.25) is 13.1 Å². The molecule has 0 aliphatic carbocycles. The van der Waals surface area contributed by atoms with Crippen LogP contribution in [-0.4, -0.2) is 13.1 Å². The van der Waals surface area contributed by atoms with Gasteiger partial charge in [0, 0.05) is 5.00 Å². The molecular formula is C10H15ClSi. The second-order valence-corrected chi connectivity index (χ2v) is 9.61. The fourth-order valence-corrected chi connectivity index (χ4v) is 2.99. The Morgan fingerprint density at radius 1 is 1.17 bits per heavy atom. The summed E-state index contributed by atoms with van der Waals surface area (Å²) in [7, 11) is -1.39. The minimum Gasteiger partial charge on any atom is -0.126 e. The van der Waals surface area contributed by atoms with Crippen LogP contribution < -0.4 is 5.19 Å². The smallest absolute Gasteiger partial charge is 0.0993 e. The van der Waals surface area contributed by atoms with Gasteiger partial charge in [0.2, 0.25) is 0 Å². The Kier molecular flexibility index (Phi) is 2.97. The molecule has 0 bridgehead atoms. The molecule has 2 heteroatoms. The van der Waals surface area contributed by atoms with Crippen molar-refractivity contribution in [2.24, 2.45) is 0 Å². The molecule has 0 nitrogen and oxygen atoms in total. The normalized spacial score (nSPS) is 14.3. The van der Waals surface area contributed by atoms with Gasteiger partial charge in [0.15, 0.2) is 0 Å². The van der Waals surface area contributed by atoms with Gasteiger partial charge in [-0.05, 0) is 0 Å². The molecule has 1 rings (SSSR count). The summed E-state index contributed by atoms with van der Waals surface area (Å²) >= 11 is 6.17. The van der Waals surface area contributed by atoms with E-state index >= 15 is 0 Å². The molecule has 1 atom stereocenters. The molecule has 0 aromatic heterocycles. The first-order chi connectivity index (χ1) is 5.55. The molecule has 1 aromatic rings. The maximum Gasteiger partial charge on any atom is 0.0993 e. The second kappa shape index (κ2) is 3.63. The molecule has 0 radical (unpaired) electrons. The van der Waals surface area contributed by atoms with Gasteiger partial charge in [-0.1, -0.05) is 55.5 Å². The lowest BCUT2D eigenvalue weighted by Gasteiger charge is -2.25. The van der Waals surface area contributed by atoms with Crippen molar-refractivity contribution in [3.63, 3.8) is 0 Å². The Morgan fingerprint density at radius 3 is 2.08 bits per heavy atom.